The topological polar surface area (TPSA) is 79.3 Å². The largest absolute Gasteiger partial charge is 0.394 e. The molecule has 0 aromatic heterocycles. The van der Waals surface area contributed by atoms with Crippen LogP contribution in [0.4, 0.5) is 0 Å². The first-order valence-electron chi connectivity index (χ1n) is 8.72. The van der Waals surface area contributed by atoms with Gasteiger partial charge in [0.2, 0.25) is 0 Å². The molecule has 3 saturated heterocycles. The van der Waals surface area contributed by atoms with Crippen molar-refractivity contribution in [2.45, 2.75) is 43.9 Å². The van der Waals surface area contributed by atoms with Gasteiger partial charge in [-0.05, 0) is 18.4 Å². The monoisotopic (exact) mass is 346 g/mol. The van der Waals surface area contributed by atoms with Crippen molar-refractivity contribution in [3.8, 4) is 0 Å². The first kappa shape index (κ1) is 16.5. The minimum absolute atomic E-state index is 0.0680. The standard InChI is InChI=1S/C18H22N2O5/c21-11-13-7-4-8-20(13)18(23)16-15-17(22)19(10-14(24-15)25-16)9-12-5-2-1-3-6-12/h1-3,5-6,13-16,21H,4,7-11H2/t13-,14-,15+,16+/m0/s1. The van der Waals surface area contributed by atoms with Gasteiger partial charge in [-0.25, -0.2) is 0 Å². The number of hydrogen-bond donors (Lipinski definition) is 1. The maximum atomic E-state index is 12.8. The second kappa shape index (κ2) is 6.74. The Labute approximate surface area is 146 Å². The Morgan fingerprint density at radius 1 is 1.24 bits per heavy atom. The fourth-order valence-corrected chi connectivity index (χ4v) is 3.84. The summed E-state index contributed by atoms with van der Waals surface area (Å²) in [5.41, 5.74) is 1.03. The molecule has 25 heavy (non-hydrogen) atoms. The van der Waals surface area contributed by atoms with Crippen LogP contribution in [0.25, 0.3) is 0 Å². The zero-order chi connectivity index (χ0) is 17.4. The molecule has 0 saturated carbocycles. The highest BCUT2D eigenvalue weighted by atomic mass is 16.7. The molecule has 2 bridgehead atoms. The van der Waals surface area contributed by atoms with E-state index in [2.05, 4.69) is 0 Å². The Kier molecular flexibility index (Phi) is 4.45. The van der Waals surface area contributed by atoms with Crippen LogP contribution in [-0.4, -0.2) is 71.0 Å². The number of aliphatic hydroxyl groups is 1. The smallest absolute Gasteiger partial charge is 0.255 e. The number of aliphatic hydroxyl groups excluding tert-OH is 1. The summed E-state index contributed by atoms with van der Waals surface area (Å²) in [4.78, 5) is 28.9. The molecule has 4 atom stereocenters. The van der Waals surface area contributed by atoms with Crippen LogP contribution in [0.1, 0.15) is 18.4 Å². The third-order valence-corrected chi connectivity index (χ3v) is 5.13. The molecule has 3 heterocycles. The zero-order valence-corrected chi connectivity index (χ0v) is 13.9. The first-order chi connectivity index (χ1) is 12.2. The summed E-state index contributed by atoms with van der Waals surface area (Å²) < 4.78 is 11.3. The Morgan fingerprint density at radius 3 is 2.80 bits per heavy atom. The van der Waals surface area contributed by atoms with Crippen LogP contribution in [0.5, 0.6) is 0 Å². The molecule has 1 aromatic rings. The molecular weight excluding hydrogens is 324 g/mol. The minimum atomic E-state index is -0.912. The van der Waals surface area contributed by atoms with Crippen molar-refractivity contribution in [3.05, 3.63) is 35.9 Å². The highest BCUT2D eigenvalue weighted by Gasteiger charge is 2.52. The summed E-state index contributed by atoms with van der Waals surface area (Å²) in [5, 5.41) is 9.43. The SMILES string of the molecule is O=C1[C@@H]2O[C@H](CN1Cc1ccccc1)O[C@H]2C(=O)N1CCC[C@H]1CO. The van der Waals surface area contributed by atoms with Gasteiger partial charge >= 0.3 is 0 Å². The zero-order valence-electron chi connectivity index (χ0n) is 13.9. The summed E-state index contributed by atoms with van der Waals surface area (Å²) in [6.45, 7) is 1.31. The van der Waals surface area contributed by atoms with Crippen molar-refractivity contribution in [1.29, 1.82) is 0 Å². The summed E-state index contributed by atoms with van der Waals surface area (Å²) >= 11 is 0. The van der Waals surface area contributed by atoms with Crippen LogP contribution in [0.15, 0.2) is 30.3 Å². The molecule has 1 aromatic carbocycles. The number of morpholine rings is 1. The second-order valence-corrected chi connectivity index (χ2v) is 6.76. The number of nitrogens with zero attached hydrogens (tertiary/aromatic N) is 2. The van der Waals surface area contributed by atoms with Crippen LogP contribution >= 0.6 is 0 Å². The van der Waals surface area contributed by atoms with Crippen molar-refractivity contribution in [1.82, 2.24) is 9.80 Å². The van der Waals surface area contributed by atoms with Crippen LogP contribution in [0.3, 0.4) is 0 Å². The lowest BCUT2D eigenvalue weighted by molar-refractivity contribution is -0.162. The number of rotatable bonds is 4. The maximum Gasteiger partial charge on any atom is 0.255 e. The van der Waals surface area contributed by atoms with Gasteiger partial charge in [-0.3, -0.25) is 9.59 Å². The van der Waals surface area contributed by atoms with Gasteiger partial charge in [-0.2, -0.15) is 0 Å². The van der Waals surface area contributed by atoms with E-state index in [1.54, 1.807) is 9.80 Å². The van der Waals surface area contributed by atoms with Gasteiger partial charge in [0.15, 0.2) is 18.5 Å². The van der Waals surface area contributed by atoms with E-state index in [0.29, 0.717) is 19.6 Å². The average molecular weight is 346 g/mol. The number of amides is 2. The number of ether oxygens (including phenoxy) is 2. The third kappa shape index (κ3) is 3.03. The van der Waals surface area contributed by atoms with Crippen molar-refractivity contribution >= 4 is 11.8 Å². The molecule has 134 valence electrons. The normalized spacial score (nSPS) is 31.6. The van der Waals surface area contributed by atoms with E-state index in [9.17, 15) is 14.7 Å². The lowest BCUT2D eigenvalue weighted by atomic mass is 10.1. The predicted octanol–water partition coefficient (Wildman–Crippen LogP) is 0.122. The molecule has 3 fully saturated rings. The molecule has 3 aliphatic heterocycles. The van der Waals surface area contributed by atoms with Gasteiger partial charge in [-0.1, -0.05) is 30.3 Å². The lowest BCUT2D eigenvalue weighted by Crippen LogP contribution is -2.52. The first-order valence-corrected chi connectivity index (χ1v) is 8.72. The molecule has 7 heteroatoms. The summed E-state index contributed by atoms with van der Waals surface area (Å²) in [6, 6.07) is 9.53. The van der Waals surface area contributed by atoms with Gasteiger partial charge in [-0.15, -0.1) is 0 Å². The molecular formula is C18H22N2O5. The third-order valence-electron chi connectivity index (χ3n) is 5.13. The Balaban J connectivity index is 1.47. The number of carbonyl (C=O) groups is 2. The van der Waals surface area contributed by atoms with Crippen molar-refractivity contribution in [2.24, 2.45) is 0 Å². The predicted molar refractivity (Wildman–Crippen MR) is 87.2 cm³/mol. The van der Waals surface area contributed by atoms with Crippen LogP contribution in [0, 0.1) is 0 Å². The Morgan fingerprint density at radius 2 is 2.04 bits per heavy atom. The van der Waals surface area contributed by atoms with E-state index in [0.717, 1.165) is 18.4 Å². The number of fused-ring (bicyclic) bond motifs is 2. The average Bonchev–Trinajstić information content (AvgIpc) is 3.25. The minimum Gasteiger partial charge on any atom is -0.394 e. The van der Waals surface area contributed by atoms with E-state index in [4.69, 9.17) is 9.47 Å². The summed E-state index contributed by atoms with van der Waals surface area (Å²) in [6.07, 6.45) is -0.749. The van der Waals surface area contributed by atoms with E-state index >= 15 is 0 Å². The van der Waals surface area contributed by atoms with Crippen molar-refractivity contribution < 1.29 is 24.2 Å². The Bertz CT molecular complexity index is 652. The second-order valence-electron chi connectivity index (χ2n) is 6.76. The molecule has 0 unspecified atom stereocenters. The number of likely N-dealkylation sites (tertiary alicyclic amines) is 1. The van der Waals surface area contributed by atoms with Crippen LogP contribution in [0.2, 0.25) is 0 Å². The molecule has 0 spiro atoms. The lowest BCUT2D eigenvalue weighted by Gasteiger charge is -2.31. The van der Waals surface area contributed by atoms with Gasteiger partial charge < -0.3 is 24.4 Å². The van der Waals surface area contributed by atoms with Gasteiger partial charge in [0.25, 0.3) is 11.8 Å². The van der Waals surface area contributed by atoms with E-state index in [1.807, 2.05) is 30.3 Å². The molecule has 3 aliphatic rings. The van der Waals surface area contributed by atoms with Gasteiger partial charge in [0.1, 0.15) is 0 Å². The summed E-state index contributed by atoms with van der Waals surface area (Å²) in [5.74, 6) is -0.463. The fourth-order valence-electron chi connectivity index (χ4n) is 3.84. The van der Waals surface area contributed by atoms with Crippen molar-refractivity contribution in [3.63, 3.8) is 0 Å². The quantitative estimate of drug-likeness (QED) is 0.838. The molecule has 0 aliphatic carbocycles. The summed E-state index contributed by atoms with van der Waals surface area (Å²) in [7, 11) is 0. The molecule has 2 amide bonds. The molecule has 1 N–H and O–H groups in total. The van der Waals surface area contributed by atoms with Crippen molar-refractivity contribution in [2.75, 3.05) is 19.7 Å². The fraction of sp³-hybridized carbons (Fsp3) is 0.556. The van der Waals surface area contributed by atoms with Gasteiger partial charge in [0.05, 0.1) is 19.2 Å². The van der Waals surface area contributed by atoms with E-state index < -0.39 is 18.5 Å². The van der Waals surface area contributed by atoms with Crippen LogP contribution < -0.4 is 0 Å². The molecule has 4 rings (SSSR count). The molecule has 0 radical (unpaired) electrons. The number of hydrogen-bond acceptors (Lipinski definition) is 5. The van der Waals surface area contributed by atoms with E-state index in [1.165, 1.54) is 0 Å². The number of benzene rings is 1. The number of carbonyl (C=O) groups excluding carboxylic acids is 2. The highest BCUT2D eigenvalue weighted by molar-refractivity contribution is 5.92. The highest BCUT2D eigenvalue weighted by Crippen LogP contribution is 2.30. The van der Waals surface area contributed by atoms with E-state index in [-0.39, 0.29) is 24.5 Å². The van der Waals surface area contributed by atoms with Crippen LogP contribution in [-0.2, 0) is 25.6 Å². The maximum absolute atomic E-state index is 12.8. The Hall–Kier alpha value is -1.96. The van der Waals surface area contributed by atoms with Gasteiger partial charge in [0, 0.05) is 13.1 Å². The molecule has 7 nitrogen and oxygen atoms in total.